The van der Waals surface area contributed by atoms with Crippen molar-refractivity contribution in [3.63, 3.8) is 0 Å². The Kier molecular flexibility index (Phi) is 4.83. The molecular weight excluding hydrogens is 286 g/mol. The van der Waals surface area contributed by atoms with Crippen LogP contribution >= 0.6 is 0 Å². The molecule has 0 amide bonds. The third-order valence-electron chi connectivity index (χ3n) is 3.91. The number of allylic oxidation sites excluding steroid dienone is 2. The first-order valence-electron chi connectivity index (χ1n) is 6.59. The minimum atomic E-state index is -5.70. The van der Waals surface area contributed by atoms with Gasteiger partial charge in [0, 0.05) is 0 Å². The van der Waals surface area contributed by atoms with Crippen LogP contribution in [-0.2, 0) is 0 Å². The van der Waals surface area contributed by atoms with Crippen molar-refractivity contribution >= 4 is 0 Å². The molecule has 2 bridgehead atoms. The molecule has 7 heteroatoms. The Morgan fingerprint density at radius 3 is 1.75 bits per heavy atom. The van der Waals surface area contributed by atoms with Crippen LogP contribution in [0.3, 0.4) is 0 Å². The average Bonchev–Trinajstić information content (AvgIpc) is 2.90. The monoisotopic (exact) mass is 304 g/mol. The summed E-state index contributed by atoms with van der Waals surface area (Å²) >= 11 is 0. The van der Waals surface area contributed by atoms with Crippen molar-refractivity contribution in [3.05, 3.63) is 12.2 Å². The summed E-state index contributed by atoms with van der Waals surface area (Å²) in [6.45, 7) is 4.00. The van der Waals surface area contributed by atoms with Gasteiger partial charge in [0.1, 0.15) is 0 Å². The summed E-state index contributed by atoms with van der Waals surface area (Å²) in [6, 6.07) is 0. The molecule has 0 heterocycles. The molecule has 2 aliphatic carbocycles. The molecule has 20 heavy (non-hydrogen) atoms. The summed E-state index contributed by atoms with van der Waals surface area (Å²) < 4.78 is 75.0. The molecule has 0 radical (unpaired) electrons. The van der Waals surface area contributed by atoms with Gasteiger partial charge in [-0.25, -0.2) is 0 Å². The Hall–Kier alpha value is -0.720. The second-order valence-corrected chi connectivity index (χ2v) is 5.10. The Bertz CT molecular complexity index is 343. The van der Waals surface area contributed by atoms with E-state index in [9.17, 15) is 26.3 Å². The maximum absolute atomic E-state index is 12.5. The number of fused-ring (bicyclic) bond motifs is 2. The smallest absolute Gasteiger partial charge is 0.374 e. The standard InChI is InChI=1S/C11H12F6O.C2H6/c12-10(13,14)9(18,11(15,16)17)5-8-4-6-1-2-7(8)3-6;1-2/h1-2,6-8,18H,3-5H2;1-2H3. The van der Waals surface area contributed by atoms with Crippen LogP contribution in [0.15, 0.2) is 12.2 Å². The van der Waals surface area contributed by atoms with Gasteiger partial charge >= 0.3 is 12.4 Å². The molecule has 1 N–H and O–H groups in total. The van der Waals surface area contributed by atoms with Gasteiger partial charge in [-0.3, -0.25) is 0 Å². The van der Waals surface area contributed by atoms with Crippen LogP contribution in [0.5, 0.6) is 0 Å². The molecule has 0 aromatic heterocycles. The SMILES string of the molecule is CC.OC(CC1CC2C=CC1C2)(C(F)(F)F)C(F)(F)F. The van der Waals surface area contributed by atoms with E-state index >= 15 is 0 Å². The minimum absolute atomic E-state index is 0.0608. The van der Waals surface area contributed by atoms with E-state index in [1.165, 1.54) is 0 Å². The molecule has 2 rings (SSSR count). The molecule has 0 spiro atoms. The highest BCUT2D eigenvalue weighted by Gasteiger charge is 2.71. The Labute approximate surface area is 113 Å². The van der Waals surface area contributed by atoms with E-state index in [1.54, 1.807) is 6.08 Å². The van der Waals surface area contributed by atoms with Gasteiger partial charge in [-0.1, -0.05) is 26.0 Å². The van der Waals surface area contributed by atoms with E-state index < -0.39 is 30.3 Å². The minimum Gasteiger partial charge on any atom is -0.374 e. The van der Waals surface area contributed by atoms with E-state index in [4.69, 9.17) is 5.11 Å². The second-order valence-electron chi connectivity index (χ2n) is 5.10. The van der Waals surface area contributed by atoms with E-state index in [1.807, 2.05) is 19.9 Å². The van der Waals surface area contributed by atoms with E-state index in [0.717, 1.165) is 0 Å². The number of hydrogen-bond acceptors (Lipinski definition) is 1. The largest absolute Gasteiger partial charge is 0.426 e. The quantitative estimate of drug-likeness (QED) is 0.589. The lowest BCUT2D eigenvalue weighted by atomic mass is 9.82. The maximum Gasteiger partial charge on any atom is 0.426 e. The number of halogens is 6. The van der Waals surface area contributed by atoms with Crippen molar-refractivity contribution in [2.24, 2.45) is 17.8 Å². The molecule has 1 fully saturated rings. The fourth-order valence-electron chi connectivity index (χ4n) is 2.90. The van der Waals surface area contributed by atoms with Gasteiger partial charge in [-0.2, -0.15) is 26.3 Å². The molecule has 0 aromatic carbocycles. The molecule has 0 saturated heterocycles. The van der Waals surface area contributed by atoms with Crippen molar-refractivity contribution in [3.8, 4) is 0 Å². The summed E-state index contributed by atoms with van der Waals surface area (Å²) in [5, 5.41) is 9.10. The average molecular weight is 304 g/mol. The first kappa shape index (κ1) is 17.3. The predicted molar refractivity (Wildman–Crippen MR) is 61.9 cm³/mol. The lowest BCUT2D eigenvalue weighted by molar-refractivity contribution is -0.373. The van der Waals surface area contributed by atoms with Gasteiger partial charge < -0.3 is 5.11 Å². The fraction of sp³-hybridized carbons (Fsp3) is 0.846. The highest BCUT2D eigenvalue weighted by Crippen LogP contribution is 2.53. The molecule has 3 unspecified atom stereocenters. The van der Waals surface area contributed by atoms with Gasteiger partial charge in [0.15, 0.2) is 0 Å². The molecule has 1 nitrogen and oxygen atoms in total. The van der Waals surface area contributed by atoms with E-state index in [-0.39, 0.29) is 18.3 Å². The van der Waals surface area contributed by atoms with Gasteiger partial charge in [-0.05, 0) is 37.0 Å². The lowest BCUT2D eigenvalue weighted by Crippen LogP contribution is -2.58. The normalized spacial score (nSPS) is 29.4. The van der Waals surface area contributed by atoms with Crippen LogP contribution < -0.4 is 0 Å². The van der Waals surface area contributed by atoms with Crippen molar-refractivity contribution in [2.45, 2.75) is 51.1 Å². The molecule has 1 saturated carbocycles. The Balaban J connectivity index is 0.000000956. The summed E-state index contributed by atoms with van der Waals surface area (Å²) in [5.41, 5.74) is -4.59. The number of hydrogen-bond donors (Lipinski definition) is 1. The van der Waals surface area contributed by atoms with Crippen molar-refractivity contribution in [2.75, 3.05) is 0 Å². The van der Waals surface area contributed by atoms with Gasteiger partial charge in [-0.15, -0.1) is 0 Å². The van der Waals surface area contributed by atoms with Crippen molar-refractivity contribution in [1.29, 1.82) is 0 Å². The van der Waals surface area contributed by atoms with Gasteiger partial charge in [0.2, 0.25) is 0 Å². The zero-order valence-corrected chi connectivity index (χ0v) is 11.2. The summed E-state index contributed by atoms with van der Waals surface area (Å²) in [7, 11) is 0. The van der Waals surface area contributed by atoms with E-state index in [2.05, 4.69) is 0 Å². The first-order chi connectivity index (χ1) is 9.04. The van der Waals surface area contributed by atoms with Crippen LogP contribution in [0.2, 0.25) is 0 Å². The van der Waals surface area contributed by atoms with Crippen molar-refractivity contribution in [1.82, 2.24) is 0 Å². The van der Waals surface area contributed by atoms with Crippen LogP contribution in [-0.4, -0.2) is 23.1 Å². The molecular formula is C13H18F6O. The van der Waals surface area contributed by atoms with Crippen LogP contribution in [0.4, 0.5) is 26.3 Å². The van der Waals surface area contributed by atoms with Crippen LogP contribution in [0.25, 0.3) is 0 Å². The molecule has 118 valence electrons. The fourth-order valence-corrected chi connectivity index (χ4v) is 2.90. The lowest BCUT2D eigenvalue weighted by Gasteiger charge is -2.35. The van der Waals surface area contributed by atoms with Gasteiger partial charge in [0.05, 0.1) is 0 Å². The molecule has 0 aromatic rings. The first-order valence-corrected chi connectivity index (χ1v) is 6.59. The highest BCUT2D eigenvalue weighted by atomic mass is 19.4. The third-order valence-corrected chi connectivity index (χ3v) is 3.91. The van der Waals surface area contributed by atoms with Crippen LogP contribution in [0, 0.1) is 17.8 Å². The molecule has 2 aliphatic rings. The Morgan fingerprint density at radius 1 is 0.950 bits per heavy atom. The highest BCUT2D eigenvalue weighted by molar-refractivity contribution is 5.12. The maximum atomic E-state index is 12.5. The molecule has 3 atom stereocenters. The van der Waals surface area contributed by atoms with E-state index in [0.29, 0.717) is 6.42 Å². The zero-order chi connectivity index (χ0) is 15.8. The van der Waals surface area contributed by atoms with Gasteiger partial charge in [0.25, 0.3) is 5.60 Å². The van der Waals surface area contributed by atoms with Crippen LogP contribution in [0.1, 0.15) is 33.1 Å². The van der Waals surface area contributed by atoms with Crippen molar-refractivity contribution < 1.29 is 31.4 Å². The Morgan fingerprint density at radius 2 is 1.45 bits per heavy atom. The zero-order valence-electron chi connectivity index (χ0n) is 11.2. The summed E-state index contributed by atoms with van der Waals surface area (Å²) in [5.74, 6) is -0.967. The topological polar surface area (TPSA) is 20.2 Å². The number of alkyl halides is 6. The summed E-state index contributed by atoms with van der Waals surface area (Å²) in [6.07, 6.45) is -8.33. The molecule has 0 aliphatic heterocycles. The third kappa shape index (κ3) is 2.97. The second kappa shape index (κ2) is 5.58. The number of rotatable bonds is 2. The summed E-state index contributed by atoms with van der Waals surface area (Å²) in [4.78, 5) is 0. The predicted octanol–water partition coefficient (Wildman–Crippen LogP) is 4.47. The number of aliphatic hydroxyl groups is 1.